The normalized spacial score (nSPS) is 13.4. The van der Waals surface area contributed by atoms with Crippen molar-refractivity contribution in [1.82, 2.24) is 9.55 Å². The molecule has 0 aliphatic heterocycles. The monoisotopic (exact) mass is 278 g/mol. The van der Waals surface area contributed by atoms with Gasteiger partial charge in [-0.1, -0.05) is 26.8 Å². The summed E-state index contributed by atoms with van der Waals surface area (Å²) < 4.78 is 2.35. The first kappa shape index (κ1) is 14.4. The first-order valence-electron chi connectivity index (χ1n) is 7.04. The number of halogens is 1. The highest BCUT2D eigenvalue weighted by atomic mass is 35.5. The summed E-state index contributed by atoms with van der Waals surface area (Å²) in [7, 11) is 0. The van der Waals surface area contributed by atoms with E-state index in [-0.39, 0.29) is 0 Å². The molecule has 1 aromatic carbocycles. The van der Waals surface area contributed by atoms with Crippen LogP contribution in [0.4, 0.5) is 0 Å². The van der Waals surface area contributed by atoms with Gasteiger partial charge >= 0.3 is 0 Å². The van der Waals surface area contributed by atoms with E-state index >= 15 is 0 Å². The molecule has 104 valence electrons. The Balaban J connectivity index is 2.45. The van der Waals surface area contributed by atoms with Crippen LogP contribution < -0.4 is 0 Å². The van der Waals surface area contributed by atoms with Crippen LogP contribution in [0.15, 0.2) is 18.2 Å². The molecule has 0 saturated heterocycles. The lowest BCUT2D eigenvalue weighted by molar-refractivity contribution is 0.364. The number of hydrogen-bond acceptors (Lipinski definition) is 1. The van der Waals surface area contributed by atoms with Gasteiger partial charge in [-0.25, -0.2) is 4.98 Å². The summed E-state index contributed by atoms with van der Waals surface area (Å²) in [5.41, 5.74) is 3.58. The molecule has 1 atom stereocenters. The predicted molar refractivity (Wildman–Crippen MR) is 82.9 cm³/mol. The number of rotatable bonds is 5. The summed E-state index contributed by atoms with van der Waals surface area (Å²) in [6.07, 6.45) is 0.833. The number of alkyl halides is 1. The molecular weight excluding hydrogens is 256 g/mol. The summed E-state index contributed by atoms with van der Waals surface area (Å²) in [5.74, 6) is 3.04. The van der Waals surface area contributed by atoms with E-state index in [1.165, 1.54) is 11.1 Å². The third-order valence-electron chi connectivity index (χ3n) is 3.91. The minimum Gasteiger partial charge on any atom is -0.328 e. The van der Waals surface area contributed by atoms with Crippen molar-refractivity contribution in [2.75, 3.05) is 5.88 Å². The van der Waals surface area contributed by atoms with Crippen molar-refractivity contribution in [2.45, 2.75) is 40.7 Å². The van der Waals surface area contributed by atoms with Crippen molar-refractivity contribution in [3.05, 3.63) is 29.6 Å². The number of nitrogens with zero attached hydrogens (tertiary/aromatic N) is 2. The maximum atomic E-state index is 5.91. The third-order valence-corrected chi connectivity index (χ3v) is 4.10. The van der Waals surface area contributed by atoms with Crippen LogP contribution in [0.3, 0.4) is 0 Å². The molecule has 1 heterocycles. The molecule has 1 aromatic heterocycles. The van der Waals surface area contributed by atoms with Crippen LogP contribution >= 0.6 is 11.6 Å². The highest BCUT2D eigenvalue weighted by molar-refractivity contribution is 6.17. The van der Waals surface area contributed by atoms with Gasteiger partial charge in [0.05, 0.1) is 11.0 Å². The highest BCUT2D eigenvalue weighted by Gasteiger charge is 2.15. The lowest BCUT2D eigenvalue weighted by Crippen LogP contribution is -2.15. The molecule has 0 N–H and O–H groups in total. The van der Waals surface area contributed by atoms with Crippen LogP contribution in [0.25, 0.3) is 11.0 Å². The molecule has 0 fully saturated rings. The van der Waals surface area contributed by atoms with Crippen LogP contribution in [0.1, 0.15) is 32.2 Å². The van der Waals surface area contributed by atoms with E-state index in [4.69, 9.17) is 16.6 Å². The quantitative estimate of drug-likeness (QED) is 0.741. The van der Waals surface area contributed by atoms with Gasteiger partial charge in [0, 0.05) is 18.8 Å². The summed E-state index contributed by atoms with van der Waals surface area (Å²) in [6, 6.07) is 6.50. The van der Waals surface area contributed by atoms with Gasteiger partial charge in [0.1, 0.15) is 5.82 Å². The van der Waals surface area contributed by atoms with Gasteiger partial charge in [-0.05, 0) is 36.5 Å². The van der Waals surface area contributed by atoms with Gasteiger partial charge < -0.3 is 4.57 Å². The fraction of sp³-hybridized carbons (Fsp3) is 0.562. The standard InChI is InChI=1S/C16H23ClN2/c1-11(2)13(4)10-19-15-6-5-12(3)9-14(15)18-16(19)7-8-17/h5-6,9,11,13H,7-8,10H2,1-4H3. The molecule has 0 aliphatic carbocycles. The summed E-state index contributed by atoms with van der Waals surface area (Å²) in [4.78, 5) is 4.75. The van der Waals surface area contributed by atoms with Gasteiger partial charge in [0.25, 0.3) is 0 Å². The maximum Gasteiger partial charge on any atom is 0.111 e. The van der Waals surface area contributed by atoms with E-state index in [9.17, 15) is 0 Å². The van der Waals surface area contributed by atoms with Gasteiger partial charge in [-0.2, -0.15) is 0 Å². The Hall–Kier alpha value is -1.02. The van der Waals surface area contributed by atoms with Crippen LogP contribution in [0.5, 0.6) is 0 Å². The zero-order valence-corrected chi connectivity index (χ0v) is 13.0. The molecule has 2 nitrogen and oxygen atoms in total. The zero-order chi connectivity index (χ0) is 14.0. The Bertz CT molecular complexity index is 557. The molecule has 19 heavy (non-hydrogen) atoms. The molecule has 0 bridgehead atoms. The Morgan fingerprint density at radius 2 is 2.00 bits per heavy atom. The van der Waals surface area contributed by atoms with E-state index in [1.807, 2.05) is 0 Å². The Kier molecular flexibility index (Phi) is 4.51. The number of imidazole rings is 1. The first-order valence-corrected chi connectivity index (χ1v) is 7.58. The van der Waals surface area contributed by atoms with Crippen LogP contribution in [0.2, 0.25) is 0 Å². The van der Waals surface area contributed by atoms with Crippen molar-refractivity contribution >= 4 is 22.6 Å². The smallest absolute Gasteiger partial charge is 0.111 e. The SMILES string of the molecule is Cc1ccc2c(c1)nc(CCCl)n2CC(C)C(C)C. The molecule has 2 rings (SSSR count). The maximum absolute atomic E-state index is 5.91. The van der Waals surface area contributed by atoms with Gasteiger partial charge in [0.2, 0.25) is 0 Å². The summed E-state index contributed by atoms with van der Waals surface area (Å²) in [6.45, 7) is 9.97. The molecule has 1 unspecified atom stereocenters. The first-order chi connectivity index (χ1) is 9.02. The number of hydrogen-bond donors (Lipinski definition) is 0. The van der Waals surface area contributed by atoms with Crippen molar-refractivity contribution in [3.8, 4) is 0 Å². The topological polar surface area (TPSA) is 17.8 Å². The van der Waals surface area contributed by atoms with E-state index in [0.29, 0.717) is 17.7 Å². The predicted octanol–water partition coefficient (Wildman–Crippen LogP) is 4.42. The minimum atomic E-state index is 0.623. The third kappa shape index (κ3) is 3.11. The molecule has 0 spiro atoms. The van der Waals surface area contributed by atoms with Gasteiger partial charge in [-0.3, -0.25) is 0 Å². The molecule has 0 radical (unpaired) electrons. The number of fused-ring (bicyclic) bond motifs is 1. The van der Waals surface area contributed by atoms with Crippen LogP contribution in [-0.4, -0.2) is 15.4 Å². The number of benzene rings is 1. The van der Waals surface area contributed by atoms with E-state index in [0.717, 1.165) is 24.3 Å². The van der Waals surface area contributed by atoms with E-state index < -0.39 is 0 Å². The summed E-state index contributed by atoms with van der Waals surface area (Å²) >= 11 is 5.91. The highest BCUT2D eigenvalue weighted by Crippen LogP contribution is 2.22. The Labute approximate surface area is 120 Å². The van der Waals surface area contributed by atoms with Crippen molar-refractivity contribution in [3.63, 3.8) is 0 Å². The summed E-state index contributed by atoms with van der Waals surface area (Å²) in [5, 5.41) is 0. The van der Waals surface area contributed by atoms with Crippen molar-refractivity contribution < 1.29 is 0 Å². The van der Waals surface area contributed by atoms with Crippen LogP contribution in [0, 0.1) is 18.8 Å². The fourth-order valence-electron chi connectivity index (χ4n) is 2.27. The second-order valence-electron chi connectivity index (χ2n) is 5.79. The second kappa shape index (κ2) is 5.96. The van der Waals surface area contributed by atoms with Gasteiger partial charge in [0.15, 0.2) is 0 Å². The Morgan fingerprint density at radius 1 is 1.26 bits per heavy atom. The molecule has 2 aromatic rings. The Morgan fingerprint density at radius 3 is 2.63 bits per heavy atom. The van der Waals surface area contributed by atoms with Crippen molar-refractivity contribution in [1.29, 1.82) is 0 Å². The van der Waals surface area contributed by atoms with Crippen LogP contribution in [-0.2, 0) is 13.0 Å². The molecular formula is C16H23ClN2. The average Bonchev–Trinajstić information content (AvgIpc) is 2.67. The van der Waals surface area contributed by atoms with E-state index in [1.54, 1.807) is 0 Å². The van der Waals surface area contributed by atoms with E-state index in [2.05, 4.69) is 50.5 Å². The lowest BCUT2D eigenvalue weighted by atomic mass is 9.98. The number of aromatic nitrogens is 2. The second-order valence-corrected chi connectivity index (χ2v) is 6.17. The molecule has 3 heteroatoms. The fourth-order valence-corrected chi connectivity index (χ4v) is 2.44. The zero-order valence-electron chi connectivity index (χ0n) is 12.3. The molecule has 0 saturated carbocycles. The minimum absolute atomic E-state index is 0.623. The molecule has 0 amide bonds. The number of aryl methyl sites for hydroxylation is 2. The average molecular weight is 279 g/mol. The van der Waals surface area contributed by atoms with Gasteiger partial charge in [-0.15, -0.1) is 11.6 Å². The molecule has 0 aliphatic rings. The largest absolute Gasteiger partial charge is 0.328 e. The lowest BCUT2D eigenvalue weighted by Gasteiger charge is -2.18. The van der Waals surface area contributed by atoms with Crippen molar-refractivity contribution in [2.24, 2.45) is 11.8 Å².